The number of thioether (sulfide) groups is 1. The number of halogens is 1. The van der Waals surface area contributed by atoms with Crippen LogP contribution in [0.4, 0.5) is 0 Å². The van der Waals surface area contributed by atoms with Crippen LogP contribution in [0, 0.1) is 0 Å². The second-order valence-corrected chi connectivity index (χ2v) is 4.96. The van der Waals surface area contributed by atoms with Crippen molar-refractivity contribution in [3.63, 3.8) is 0 Å². The number of nitrogens with zero attached hydrogens (tertiary/aromatic N) is 4. The van der Waals surface area contributed by atoms with Crippen molar-refractivity contribution in [3.8, 4) is 11.4 Å². The Morgan fingerprint density at radius 3 is 2.67 bits per heavy atom. The van der Waals surface area contributed by atoms with E-state index >= 15 is 0 Å². The van der Waals surface area contributed by atoms with E-state index in [0.29, 0.717) is 10.8 Å². The molecule has 0 aliphatic heterocycles. The van der Waals surface area contributed by atoms with E-state index in [1.54, 1.807) is 24.2 Å². The van der Waals surface area contributed by atoms with Crippen molar-refractivity contribution in [3.05, 3.63) is 41.8 Å². The van der Waals surface area contributed by atoms with E-state index in [1.807, 2.05) is 22.8 Å². The predicted molar refractivity (Wildman–Crippen MR) is 73.0 cm³/mol. The Morgan fingerprint density at radius 1 is 1.17 bits per heavy atom. The van der Waals surface area contributed by atoms with Gasteiger partial charge in [-0.3, -0.25) is 4.40 Å². The average Bonchev–Trinajstić information content (AvgIpc) is 2.81. The van der Waals surface area contributed by atoms with Gasteiger partial charge in [0.05, 0.1) is 0 Å². The minimum Gasteiger partial charge on any atom is -0.265 e. The fourth-order valence-electron chi connectivity index (χ4n) is 1.71. The minimum absolute atomic E-state index is 0.416. The van der Waals surface area contributed by atoms with Crippen LogP contribution in [0.3, 0.4) is 0 Å². The second-order valence-electron chi connectivity index (χ2n) is 3.69. The Hall–Kier alpha value is -1.59. The number of hydrogen-bond donors (Lipinski definition) is 0. The molecule has 0 N–H and O–H groups in total. The fourth-order valence-corrected chi connectivity index (χ4v) is 2.26. The van der Waals surface area contributed by atoms with Crippen LogP contribution < -0.4 is 0 Å². The third-order valence-corrected chi connectivity index (χ3v) is 3.57. The van der Waals surface area contributed by atoms with Gasteiger partial charge in [-0.2, -0.15) is 0 Å². The zero-order valence-corrected chi connectivity index (χ0v) is 11.1. The Labute approximate surface area is 113 Å². The smallest absolute Gasteiger partial charge is 0.169 e. The molecule has 3 aromatic rings. The monoisotopic (exact) mass is 276 g/mol. The van der Waals surface area contributed by atoms with Gasteiger partial charge in [-0.25, -0.2) is 4.98 Å². The van der Waals surface area contributed by atoms with Gasteiger partial charge in [0.25, 0.3) is 0 Å². The lowest BCUT2D eigenvalue weighted by Gasteiger charge is -2.01. The lowest BCUT2D eigenvalue weighted by molar-refractivity contribution is 1.08. The quantitative estimate of drug-likeness (QED) is 0.533. The highest BCUT2D eigenvalue weighted by molar-refractivity contribution is 7.98. The van der Waals surface area contributed by atoms with Crippen LogP contribution in [0.15, 0.2) is 41.6 Å². The molecule has 0 unspecified atom stereocenters. The molecule has 90 valence electrons. The molecule has 0 aliphatic carbocycles. The van der Waals surface area contributed by atoms with E-state index in [9.17, 15) is 0 Å². The van der Waals surface area contributed by atoms with Gasteiger partial charge < -0.3 is 0 Å². The number of fused-ring (bicyclic) bond motifs is 1. The molecule has 0 aliphatic rings. The molecule has 0 saturated carbocycles. The molecule has 0 spiro atoms. The highest BCUT2D eigenvalue weighted by Gasteiger charge is 2.08. The Morgan fingerprint density at radius 2 is 1.94 bits per heavy atom. The summed E-state index contributed by atoms with van der Waals surface area (Å²) in [5.41, 5.74) is 1.70. The van der Waals surface area contributed by atoms with Crippen LogP contribution in [0.2, 0.25) is 5.15 Å². The molecule has 6 heteroatoms. The molecule has 4 nitrogen and oxygen atoms in total. The lowest BCUT2D eigenvalue weighted by atomic mass is 10.2. The molecule has 18 heavy (non-hydrogen) atoms. The van der Waals surface area contributed by atoms with Crippen LogP contribution in [0.5, 0.6) is 0 Å². The summed E-state index contributed by atoms with van der Waals surface area (Å²) < 4.78 is 1.82. The number of benzene rings is 1. The van der Waals surface area contributed by atoms with Gasteiger partial charge in [0.15, 0.2) is 11.5 Å². The molecule has 0 radical (unpaired) electrons. The Kier molecular flexibility index (Phi) is 2.93. The van der Waals surface area contributed by atoms with E-state index < -0.39 is 0 Å². The van der Waals surface area contributed by atoms with E-state index in [0.717, 1.165) is 11.4 Å². The van der Waals surface area contributed by atoms with Gasteiger partial charge in [-0.1, -0.05) is 23.7 Å². The van der Waals surface area contributed by atoms with Crippen LogP contribution >= 0.6 is 23.4 Å². The summed E-state index contributed by atoms with van der Waals surface area (Å²) >= 11 is 7.53. The van der Waals surface area contributed by atoms with Gasteiger partial charge in [-0.15, -0.1) is 22.0 Å². The summed E-state index contributed by atoms with van der Waals surface area (Å²) in [5, 5.41) is 8.67. The molecule has 2 heterocycles. The SMILES string of the molecule is CSc1ccc(-c2nnc3cc(Cl)ncn23)cc1. The maximum absolute atomic E-state index is 5.82. The van der Waals surface area contributed by atoms with E-state index in [4.69, 9.17) is 11.6 Å². The van der Waals surface area contributed by atoms with Gasteiger partial charge in [0, 0.05) is 16.5 Å². The van der Waals surface area contributed by atoms with Gasteiger partial charge in [0.1, 0.15) is 11.5 Å². The maximum Gasteiger partial charge on any atom is 0.169 e. The molecular formula is C12H9ClN4S. The zero-order valence-electron chi connectivity index (χ0n) is 9.54. The molecule has 1 aromatic carbocycles. The topological polar surface area (TPSA) is 43.1 Å². The van der Waals surface area contributed by atoms with Crippen molar-refractivity contribution in [1.29, 1.82) is 0 Å². The van der Waals surface area contributed by atoms with Crippen molar-refractivity contribution in [2.45, 2.75) is 4.90 Å². The van der Waals surface area contributed by atoms with Crippen LogP contribution in [-0.2, 0) is 0 Å². The van der Waals surface area contributed by atoms with Gasteiger partial charge in [-0.05, 0) is 18.4 Å². The van der Waals surface area contributed by atoms with Crippen LogP contribution in [0.1, 0.15) is 0 Å². The van der Waals surface area contributed by atoms with Gasteiger partial charge >= 0.3 is 0 Å². The standard InChI is InChI=1S/C12H9ClN4S/c1-18-9-4-2-8(3-5-9)12-16-15-11-6-10(13)14-7-17(11)12/h2-7H,1H3. The maximum atomic E-state index is 5.82. The molecular weight excluding hydrogens is 268 g/mol. The first-order valence-corrected chi connectivity index (χ1v) is 6.89. The summed E-state index contributed by atoms with van der Waals surface area (Å²) in [5.74, 6) is 0.766. The summed E-state index contributed by atoms with van der Waals surface area (Å²) in [4.78, 5) is 5.26. The molecule has 0 saturated heterocycles. The van der Waals surface area contributed by atoms with E-state index in [-0.39, 0.29) is 0 Å². The first-order valence-electron chi connectivity index (χ1n) is 5.28. The fraction of sp³-hybridized carbons (Fsp3) is 0.0833. The molecule has 0 atom stereocenters. The number of hydrogen-bond acceptors (Lipinski definition) is 4. The van der Waals surface area contributed by atoms with E-state index in [1.165, 1.54) is 4.90 Å². The Bertz CT molecular complexity index is 693. The minimum atomic E-state index is 0.416. The third-order valence-electron chi connectivity index (χ3n) is 2.62. The Balaban J connectivity index is 2.13. The second kappa shape index (κ2) is 4.59. The number of rotatable bonds is 2. The zero-order chi connectivity index (χ0) is 12.5. The van der Waals surface area contributed by atoms with Crippen molar-refractivity contribution < 1.29 is 0 Å². The third kappa shape index (κ3) is 1.95. The van der Waals surface area contributed by atoms with E-state index in [2.05, 4.69) is 27.3 Å². The average molecular weight is 277 g/mol. The van der Waals surface area contributed by atoms with Crippen LogP contribution in [0.25, 0.3) is 17.0 Å². The summed E-state index contributed by atoms with van der Waals surface area (Å²) in [6.45, 7) is 0. The normalized spacial score (nSPS) is 11.0. The summed E-state index contributed by atoms with van der Waals surface area (Å²) in [7, 11) is 0. The molecule has 3 rings (SSSR count). The largest absolute Gasteiger partial charge is 0.265 e. The molecule has 0 amide bonds. The van der Waals surface area contributed by atoms with Crippen molar-refractivity contribution >= 4 is 29.0 Å². The van der Waals surface area contributed by atoms with Crippen molar-refractivity contribution in [1.82, 2.24) is 19.6 Å². The van der Waals surface area contributed by atoms with Crippen molar-refractivity contribution in [2.24, 2.45) is 0 Å². The number of aromatic nitrogens is 4. The lowest BCUT2D eigenvalue weighted by Crippen LogP contribution is -1.91. The first-order chi connectivity index (χ1) is 8.78. The van der Waals surface area contributed by atoms with Gasteiger partial charge in [0.2, 0.25) is 0 Å². The highest BCUT2D eigenvalue weighted by Crippen LogP contribution is 2.22. The highest BCUT2D eigenvalue weighted by atomic mass is 35.5. The van der Waals surface area contributed by atoms with Crippen molar-refractivity contribution in [2.75, 3.05) is 6.26 Å². The first kappa shape index (κ1) is 11.5. The molecule has 2 aromatic heterocycles. The predicted octanol–water partition coefficient (Wildman–Crippen LogP) is 3.17. The summed E-state index contributed by atoms with van der Waals surface area (Å²) in [6.07, 6.45) is 3.68. The van der Waals surface area contributed by atoms with Crippen LogP contribution in [-0.4, -0.2) is 25.8 Å². The molecule has 0 fully saturated rings. The summed E-state index contributed by atoms with van der Waals surface area (Å²) in [6, 6.07) is 9.86. The molecule has 0 bridgehead atoms.